The second kappa shape index (κ2) is 12.5. The zero-order chi connectivity index (χ0) is 24.3. The molecular formula is C25H28FN5O3. The number of nitrogens with zero attached hydrogens (tertiary/aromatic N) is 3. The Kier molecular flexibility index (Phi) is 9.19. The maximum Gasteiger partial charge on any atom is 0.414 e. The number of benzene rings is 1. The minimum atomic E-state index is -0.460. The van der Waals surface area contributed by atoms with Crippen LogP contribution in [-0.2, 0) is 22.6 Å². The molecule has 1 atom stereocenters. The van der Waals surface area contributed by atoms with E-state index in [1.165, 1.54) is 17.9 Å². The summed E-state index contributed by atoms with van der Waals surface area (Å²) in [7, 11) is 1.79. The van der Waals surface area contributed by atoms with Crippen LogP contribution in [0.5, 0.6) is 0 Å². The van der Waals surface area contributed by atoms with Crippen LogP contribution in [0.1, 0.15) is 18.2 Å². The predicted molar refractivity (Wildman–Crippen MR) is 128 cm³/mol. The van der Waals surface area contributed by atoms with E-state index in [9.17, 15) is 9.18 Å². The Morgan fingerprint density at radius 2 is 1.94 bits per heavy atom. The lowest BCUT2D eigenvalue weighted by molar-refractivity contribution is -0.106. The zero-order valence-corrected chi connectivity index (χ0v) is 19.2. The number of carbonyl (C=O) groups excluding carboxylic acids is 2. The topological polar surface area (TPSA) is 96.5 Å². The zero-order valence-electron chi connectivity index (χ0n) is 19.2. The number of pyridine rings is 2. The summed E-state index contributed by atoms with van der Waals surface area (Å²) >= 11 is 0. The molecule has 2 aromatic heterocycles. The molecule has 0 radical (unpaired) electrons. The van der Waals surface area contributed by atoms with Crippen LogP contribution in [0.15, 0.2) is 61.1 Å². The van der Waals surface area contributed by atoms with Crippen LogP contribution >= 0.6 is 0 Å². The van der Waals surface area contributed by atoms with Crippen molar-refractivity contribution in [1.82, 2.24) is 20.6 Å². The van der Waals surface area contributed by atoms with Gasteiger partial charge in [0.1, 0.15) is 18.2 Å². The van der Waals surface area contributed by atoms with Crippen LogP contribution in [0.25, 0.3) is 11.1 Å². The monoisotopic (exact) mass is 465 g/mol. The van der Waals surface area contributed by atoms with E-state index in [0.29, 0.717) is 36.4 Å². The number of hydrogen-bond acceptors (Lipinski definition) is 7. The Balaban J connectivity index is 0.00000103. The maximum absolute atomic E-state index is 14.8. The summed E-state index contributed by atoms with van der Waals surface area (Å²) in [5.74, 6) is -0.410. The summed E-state index contributed by atoms with van der Waals surface area (Å²) in [5.41, 5.74) is 3.61. The number of rotatable bonds is 8. The van der Waals surface area contributed by atoms with Gasteiger partial charge in [-0.2, -0.15) is 0 Å². The Bertz CT molecular complexity index is 1080. The van der Waals surface area contributed by atoms with Gasteiger partial charge in [-0.05, 0) is 55.9 Å². The van der Waals surface area contributed by atoms with Crippen molar-refractivity contribution in [3.05, 3.63) is 78.1 Å². The fraction of sp³-hybridized carbons (Fsp3) is 0.280. The molecule has 0 bridgehead atoms. The standard InChI is InChI=1S/C23H24FN5O2.C2H4O/c1-25-14-20-15-29(23(30)31-20)19-4-5-21(22(24)10-19)17-2-3-18(28-12-17)13-27-11-16-6-8-26-9-7-16;1-2-3/h2-10,12,20,25,27H,11,13-15H2,1H3;2H,1H3. The number of anilines is 1. The fourth-order valence-electron chi connectivity index (χ4n) is 3.50. The van der Waals surface area contributed by atoms with Gasteiger partial charge in [0, 0.05) is 49.4 Å². The minimum absolute atomic E-state index is 0.246. The van der Waals surface area contributed by atoms with Gasteiger partial charge in [-0.15, -0.1) is 0 Å². The molecule has 1 saturated heterocycles. The van der Waals surface area contributed by atoms with Crippen molar-refractivity contribution >= 4 is 18.1 Å². The van der Waals surface area contributed by atoms with Crippen LogP contribution in [0.4, 0.5) is 14.9 Å². The smallest absolute Gasteiger partial charge is 0.414 e. The Morgan fingerprint density at radius 1 is 1.18 bits per heavy atom. The number of nitrogens with one attached hydrogen (secondary N) is 2. The molecule has 178 valence electrons. The molecule has 1 aromatic carbocycles. The molecule has 0 spiro atoms. The number of ether oxygens (including phenoxy) is 1. The Hall–Kier alpha value is -3.69. The van der Waals surface area contributed by atoms with Gasteiger partial charge in [0.25, 0.3) is 0 Å². The van der Waals surface area contributed by atoms with Crippen LogP contribution in [0, 0.1) is 5.82 Å². The highest BCUT2D eigenvalue weighted by Gasteiger charge is 2.32. The summed E-state index contributed by atoms with van der Waals surface area (Å²) in [4.78, 5) is 30.8. The van der Waals surface area contributed by atoms with Gasteiger partial charge in [-0.25, -0.2) is 9.18 Å². The van der Waals surface area contributed by atoms with Gasteiger partial charge >= 0.3 is 6.09 Å². The summed E-state index contributed by atoms with van der Waals surface area (Å²) in [6.07, 6.45) is 5.23. The van der Waals surface area contributed by atoms with Gasteiger partial charge in [0.2, 0.25) is 0 Å². The molecule has 3 heterocycles. The summed E-state index contributed by atoms with van der Waals surface area (Å²) < 4.78 is 20.1. The SMILES string of the molecule is CC=O.CNCC1CN(c2ccc(-c3ccc(CNCc4ccncc4)nc3)c(F)c2)C(=O)O1. The molecule has 2 N–H and O–H groups in total. The van der Waals surface area contributed by atoms with Crippen LogP contribution in [-0.4, -0.2) is 48.6 Å². The molecule has 0 saturated carbocycles. The highest BCUT2D eigenvalue weighted by Crippen LogP contribution is 2.28. The first-order chi connectivity index (χ1) is 16.5. The number of cyclic esters (lactones) is 1. The first kappa shape index (κ1) is 24.9. The van der Waals surface area contributed by atoms with Gasteiger partial charge in [0.15, 0.2) is 0 Å². The third kappa shape index (κ3) is 6.66. The number of aromatic nitrogens is 2. The number of amides is 1. The van der Waals surface area contributed by atoms with E-state index in [1.54, 1.807) is 37.8 Å². The van der Waals surface area contributed by atoms with Crippen molar-refractivity contribution in [3.63, 3.8) is 0 Å². The Labute approximate surface area is 198 Å². The minimum Gasteiger partial charge on any atom is -0.443 e. The molecule has 9 heteroatoms. The lowest BCUT2D eigenvalue weighted by atomic mass is 10.1. The first-order valence-corrected chi connectivity index (χ1v) is 10.9. The van der Waals surface area contributed by atoms with E-state index in [-0.39, 0.29) is 6.10 Å². The molecule has 1 amide bonds. The van der Waals surface area contributed by atoms with E-state index in [4.69, 9.17) is 9.53 Å². The van der Waals surface area contributed by atoms with Crippen LogP contribution < -0.4 is 15.5 Å². The predicted octanol–water partition coefficient (Wildman–Crippen LogP) is 3.32. The molecule has 1 unspecified atom stereocenters. The number of likely N-dealkylation sites (N-methyl/N-ethyl adjacent to an activating group) is 1. The average molecular weight is 466 g/mol. The van der Waals surface area contributed by atoms with Crippen molar-refractivity contribution < 1.29 is 18.7 Å². The number of carbonyl (C=O) groups is 2. The summed E-state index contributed by atoms with van der Waals surface area (Å²) in [5, 5.41) is 6.30. The van der Waals surface area contributed by atoms with E-state index < -0.39 is 11.9 Å². The largest absolute Gasteiger partial charge is 0.443 e. The van der Waals surface area contributed by atoms with Gasteiger partial charge in [0.05, 0.1) is 17.9 Å². The number of hydrogen-bond donors (Lipinski definition) is 2. The van der Waals surface area contributed by atoms with E-state index in [0.717, 1.165) is 24.1 Å². The van der Waals surface area contributed by atoms with E-state index >= 15 is 0 Å². The second-order valence-corrected chi connectivity index (χ2v) is 7.57. The number of halogens is 1. The molecule has 0 aliphatic carbocycles. The summed E-state index contributed by atoms with van der Waals surface area (Å²) in [6.45, 7) is 3.71. The van der Waals surface area contributed by atoms with E-state index in [1.807, 2.05) is 24.3 Å². The lowest BCUT2D eigenvalue weighted by Crippen LogP contribution is -2.29. The molecule has 1 fully saturated rings. The molecule has 3 aromatic rings. The number of aldehydes is 1. The maximum atomic E-state index is 14.8. The highest BCUT2D eigenvalue weighted by molar-refractivity contribution is 5.90. The quantitative estimate of drug-likeness (QED) is 0.493. The van der Waals surface area contributed by atoms with Crippen molar-refractivity contribution in [2.24, 2.45) is 0 Å². The first-order valence-electron chi connectivity index (χ1n) is 10.9. The molecule has 1 aliphatic heterocycles. The molecule has 8 nitrogen and oxygen atoms in total. The molecule has 4 rings (SSSR count). The molecule has 34 heavy (non-hydrogen) atoms. The highest BCUT2D eigenvalue weighted by atomic mass is 19.1. The van der Waals surface area contributed by atoms with Crippen molar-refractivity contribution in [3.8, 4) is 11.1 Å². The van der Waals surface area contributed by atoms with E-state index in [2.05, 4.69) is 20.6 Å². The van der Waals surface area contributed by atoms with Gasteiger partial charge < -0.3 is 20.2 Å². The van der Waals surface area contributed by atoms with Crippen LogP contribution in [0.2, 0.25) is 0 Å². The van der Waals surface area contributed by atoms with Crippen molar-refractivity contribution in [2.75, 3.05) is 25.0 Å². The van der Waals surface area contributed by atoms with Crippen molar-refractivity contribution in [1.29, 1.82) is 0 Å². The fourth-order valence-corrected chi connectivity index (χ4v) is 3.50. The normalized spacial score (nSPS) is 14.9. The average Bonchev–Trinajstić information content (AvgIpc) is 3.21. The third-order valence-corrected chi connectivity index (χ3v) is 5.09. The van der Waals surface area contributed by atoms with Gasteiger partial charge in [-0.1, -0.05) is 6.07 Å². The van der Waals surface area contributed by atoms with Gasteiger partial charge in [-0.3, -0.25) is 14.9 Å². The molecule has 1 aliphatic rings. The Morgan fingerprint density at radius 3 is 2.59 bits per heavy atom. The van der Waals surface area contributed by atoms with Crippen LogP contribution in [0.3, 0.4) is 0 Å². The second-order valence-electron chi connectivity index (χ2n) is 7.57. The third-order valence-electron chi connectivity index (χ3n) is 5.09. The van der Waals surface area contributed by atoms with Crippen molar-refractivity contribution in [2.45, 2.75) is 26.1 Å². The molecular weight excluding hydrogens is 437 g/mol. The summed E-state index contributed by atoms with van der Waals surface area (Å²) in [6, 6.07) is 12.4. The lowest BCUT2D eigenvalue weighted by Gasteiger charge is -2.14.